The lowest BCUT2D eigenvalue weighted by atomic mass is 10.0. The van der Waals surface area contributed by atoms with Crippen LogP contribution < -0.4 is 4.74 Å². The molecule has 0 amide bonds. The highest BCUT2D eigenvalue weighted by Gasteiger charge is 2.31. The summed E-state index contributed by atoms with van der Waals surface area (Å²) >= 11 is 0. The van der Waals surface area contributed by atoms with E-state index < -0.39 is 47.8 Å². The van der Waals surface area contributed by atoms with Crippen molar-refractivity contribution in [1.82, 2.24) is 19.9 Å². The van der Waals surface area contributed by atoms with Gasteiger partial charge in [-0.05, 0) is 102 Å². The summed E-state index contributed by atoms with van der Waals surface area (Å²) in [6, 6.07) is 26.3. The Balaban J connectivity index is 1.51. The number of nitrogens with one attached hydrogen (secondary N) is 2. The number of fused-ring (bicyclic) bond motifs is 8. The number of rotatable bonds is 7. The smallest absolute Gasteiger partial charge is 0.204 e. The molecule has 0 saturated heterocycles. The van der Waals surface area contributed by atoms with Crippen LogP contribution in [0, 0.1) is 23.3 Å². The Hall–Kier alpha value is -7.64. The Morgan fingerprint density at radius 1 is 0.458 bits per heavy atom. The predicted octanol–water partition coefficient (Wildman–Crippen LogP) is 10.4. The van der Waals surface area contributed by atoms with Gasteiger partial charge in [0.1, 0.15) is 23.9 Å². The highest BCUT2D eigenvalue weighted by atomic mass is 19.2. The van der Waals surface area contributed by atoms with E-state index in [1.54, 1.807) is 72.8 Å². The third kappa shape index (κ3) is 6.52. The number of hydrogen-bond acceptors (Lipinski definition) is 7. The Kier molecular flexibility index (Phi) is 9.21. The molecule has 4 aromatic carbocycles. The van der Waals surface area contributed by atoms with E-state index in [0.717, 1.165) is 0 Å². The number of phenolic OH excluding ortho intramolecular Hbond substituents is 3. The summed E-state index contributed by atoms with van der Waals surface area (Å²) in [7, 11) is 0. The molecule has 3 aromatic heterocycles. The van der Waals surface area contributed by atoms with Crippen LogP contribution in [0.5, 0.6) is 23.0 Å². The van der Waals surface area contributed by atoms with Gasteiger partial charge in [-0.1, -0.05) is 36.4 Å². The molecule has 8 bridgehead atoms. The summed E-state index contributed by atoms with van der Waals surface area (Å²) in [4.78, 5) is 16.7. The number of aromatic amines is 2. The molecule has 7 aromatic rings. The summed E-state index contributed by atoms with van der Waals surface area (Å²) in [5.41, 5.74) is 4.98. The molecular formula is C46H30F4N4O5. The van der Waals surface area contributed by atoms with Crippen LogP contribution in [-0.2, 0) is 0 Å². The SMILES string of the molecule is OCCOc1c(F)c(F)c(F)c(F)c1-c1c2nc(c(-c3cccc(O)c3)c3ccc([nH]3)c(-c3cccc(O)c3)c3nc(c(-c4cccc(O)c4)c4ccc1[nH]4)C=C3)C=C2. The van der Waals surface area contributed by atoms with Crippen LogP contribution >= 0.6 is 0 Å². The van der Waals surface area contributed by atoms with E-state index in [-0.39, 0.29) is 39.7 Å². The van der Waals surface area contributed by atoms with Crippen molar-refractivity contribution in [3.05, 3.63) is 143 Å². The molecule has 5 heterocycles. The lowest BCUT2D eigenvalue weighted by molar-refractivity contribution is 0.194. The molecule has 13 heteroatoms. The minimum absolute atomic E-state index is 0.0114. The van der Waals surface area contributed by atoms with E-state index in [1.165, 1.54) is 36.4 Å². The van der Waals surface area contributed by atoms with Gasteiger partial charge < -0.3 is 35.1 Å². The third-order valence-electron chi connectivity index (χ3n) is 9.97. The Bertz CT molecular complexity index is 3060. The van der Waals surface area contributed by atoms with Gasteiger partial charge in [0.05, 0.1) is 34.9 Å². The lowest BCUT2D eigenvalue weighted by Crippen LogP contribution is -2.09. The summed E-state index contributed by atoms with van der Waals surface area (Å²) in [5, 5.41) is 41.3. The maximum Gasteiger partial charge on any atom is 0.204 e. The van der Waals surface area contributed by atoms with Crippen LogP contribution in [0.2, 0.25) is 0 Å². The van der Waals surface area contributed by atoms with Gasteiger partial charge >= 0.3 is 0 Å². The van der Waals surface area contributed by atoms with E-state index in [9.17, 15) is 24.8 Å². The molecule has 292 valence electrons. The second-order valence-corrected chi connectivity index (χ2v) is 13.7. The Morgan fingerprint density at radius 3 is 1.22 bits per heavy atom. The molecular weight excluding hydrogens is 765 g/mol. The van der Waals surface area contributed by atoms with Crippen LogP contribution in [-0.4, -0.2) is 53.6 Å². The topological polar surface area (TPSA) is 148 Å². The summed E-state index contributed by atoms with van der Waals surface area (Å²) in [5.74, 6) is -8.80. The van der Waals surface area contributed by atoms with Crippen LogP contribution in [0.15, 0.2) is 97.1 Å². The van der Waals surface area contributed by atoms with Gasteiger partial charge in [0.15, 0.2) is 17.4 Å². The number of benzene rings is 4. The van der Waals surface area contributed by atoms with Gasteiger partial charge in [0.25, 0.3) is 0 Å². The van der Waals surface area contributed by atoms with Crippen molar-refractivity contribution in [2.24, 2.45) is 0 Å². The summed E-state index contributed by atoms with van der Waals surface area (Å²) in [6.45, 7) is -1.23. The van der Waals surface area contributed by atoms with Crippen molar-refractivity contribution < 1.29 is 42.7 Å². The van der Waals surface area contributed by atoms with E-state index in [0.29, 0.717) is 61.3 Å². The molecule has 0 aliphatic carbocycles. The van der Waals surface area contributed by atoms with Crippen molar-refractivity contribution in [2.75, 3.05) is 13.2 Å². The fourth-order valence-corrected chi connectivity index (χ4v) is 7.48. The fourth-order valence-electron chi connectivity index (χ4n) is 7.48. The number of nitrogens with zero attached hydrogens (tertiary/aromatic N) is 2. The zero-order chi connectivity index (χ0) is 40.9. The fraction of sp³-hybridized carbons (Fsp3) is 0.0435. The van der Waals surface area contributed by atoms with Crippen molar-refractivity contribution in [3.8, 4) is 67.5 Å². The molecule has 0 radical (unpaired) electrons. The minimum atomic E-state index is -2.10. The van der Waals surface area contributed by atoms with Gasteiger partial charge in [0, 0.05) is 44.3 Å². The second-order valence-electron chi connectivity index (χ2n) is 13.7. The van der Waals surface area contributed by atoms with E-state index in [1.807, 2.05) is 12.1 Å². The molecule has 0 unspecified atom stereocenters. The van der Waals surface area contributed by atoms with Gasteiger partial charge in [0.2, 0.25) is 11.6 Å². The first-order valence-electron chi connectivity index (χ1n) is 18.2. The van der Waals surface area contributed by atoms with Crippen molar-refractivity contribution >= 4 is 46.4 Å². The van der Waals surface area contributed by atoms with Crippen LogP contribution in [0.25, 0.3) is 90.9 Å². The largest absolute Gasteiger partial charge is 0.508 e. The summed E-state index contributed by atoms with van der Waals surface area (Å²) < 4.78 is 67.5. The molecule has 2 aliphatic rings. The molecule has 0 saturated carbocycles. The van der Waals surface area contributed by atoms with Crippen LogP contribution in [0.4, 0.5) is 17.6 Å². The average molecular weight is 795 g/mol. The third-order valence-corrected chi connectivity index (χ3v) is 9.97. The molecule has 0 spiro atoms. The van der Waals surface area contributed by atoms with Gasteiger partial charge in [-0.25, -0.2) is 23.1 Å². The van der Waals surface area contributed by atoms with Crippen LogP contribution in [0.3, 0.4) is 0 Å². The average Bonchev–Trinajstić information content (AvgIpc) is 4.07. The summed E-state index contributed by atoms with van der Waals surface area (Å²) in [6.07, 6.45) is 6.67. The molecule has 6 N–H and O–H groups in total. The van der Waals surface area contributed by atoms with Crippen molar-refractivity contribution in [1.29, 1.82) is 0 Å². The maximum atomic E-state index is 16.3. The van der Waals surface area contributed by atoms with Crippen LogP contribution in [0.1, 0.15) is 22.8 Å². The zero-order valence-corrected chi connectivity index (χ0v) is 30.6. The second kappa shape index (κ2) is 14.7. The number of hydrogen-bond donors (Lipinski definition) is 6. The first kappa shape index (κ1) is 37.0. The first-order valence-corrected chi connectivity index (χ1v) is 18.2. The Morgan fingerprint density at radius 2 is 0.831 bits per heavy atom. The Labute approximate surface area is 332 Å². The number of H-pyrrole nitrogens is 2. The highest BCUT2D eigenvalue weighted by molar-refractivity contribution is 6.00. The van der Waals surface area contributed by atoms with Crippen molar-refractivity contribution in [2.45, 2.75) is 0 Å². The minimum Gasteiger partial charge on any atom is -0.508 e. The number of aromatic hydroxyl groups is 3. The van der Waals surface area contributed by atoms with Gasteiger partial charge in [-0.3, -0.25) is 0 Å². The number of phenols is 3. The monoisotopic (exact) mass is 794 g/mol. The number of ether oxygens (including phenoxy) is 1. The number of halogens is 4. The van der Waals surface area contributed by atoms with Gasteiger partial charge in [-0.2, -0.15) is 4.39 Å². The highest BCUT2D eigenvalue weighted by Crippen LogP contribution is 2.44. The van der Waals surface area contributed by atoms with E-state index in [2.05, 4.69) is 9.97 Å². The first-order chi connectivity index (χ1) is 28.6. The quantitative estimate of drug-likeness (QED) is 0.0535. The molecule has 9 nitrogen and oxygen atoms in total. The number of aliphatic hydroxyl groups excluding tert-OH is 1. The standard InChI is InChI=1S/C46H30F4N4O5/c47-42-41(46(59-19-18-55)45(50)44(49)43(42)48)40-35-16-14-33(53-35)38(24-5-2-8-27(57)21-24)31-12-10-29(51-31)37(23-4-1-7-26(56)20-23)30-11-13-32(52-30)39(34-15-17-36(40)54-34)25-6-3-9-28(58)22-25/h1-17,20-22,51,54-58H,18-19H2. The lowest BCUT2D eigenvalue weighted by Gasteiger charge is -2.15. The maximum absolute atomic E-state index is 16.3. The zero-order valence-electron chi connectivity index (χ0n) is 30.6. The van der Waals surface area contributed by atoms with E-state index >= 15 is 13.2 Å². The van der Waals surface area contributed by atoms with Gasteiger partial charge in [-0.15, -0.1) is 0 Å². The molecule has 0 fully saturated rings. The van der Waals surface area contributed by atoms with E-state index in [4.69, 9.17) is 14.7 Å². The van der Waals surface area contributed by atoms with Crippen molar-refractivity contribution in [3.63, 3.8) is 0 Å². The predicted molar refractivity (Wildman–Crippen MR) is 218 cm³/mol. The number of aliphatic hydroxyl groups is 1. The number of aromatic nitrogens is 4. The normalized spacial score (nSPS) is 12.0. The molecule has 59 heavy (non-hydrogen) atoms. The molecule has 0 atom stereocenters. The molecule has 9 rings (SSSR count). The molecule has 2 aliphatic heterocycles.